The number of nitrogens with one attached hydrogen (secondary N) is 1. The smallest absolute Gasteiger partial charge is 0.307 e. The minimum Gasteiger partial charge on any atom is -0.481 e. The van der Waals surface area contributed by atoms with E-state index in [2.05, 4.69) is 5.32 Å². The van der Waals surface area contributed by atoms with E-state index in [1.807, 2.05) is 13.8 Å². The van der Waals surface area contributed by atoms with Gasteiger partial charge >= 0.3 is 5.97 Å². The lowest BCUT2D eigenvalue weighted by atomic mass is 10.3. The van der Waals surface area contributed by atoms with Crippen LogP contribution < -0.4 is 5.32 Å². The van der Waals surface area contributed by atoms with Crippen LogP contribution in [-0.4, -0.2) is 36.2 Å². The predicted molar refractivity (Wildman–Crippen MR) is 53.3 cm³/mol. The number of carboxylic acids is 1. The Balaban J connectivity index is 2.08. The number of aliphatic carboxylic acids is 1. The summed E-state index contributed by atoms with van der Waals surface area (Å²) in [6.45, 7) is 4.75. The number of ether oxygens (including phenoxy) is 1. The summed E-state index contributed by atoms with van der Waals surface area (Å²) in [5.41, 5.74) is 0. The van der Waals surface area contributed by atoms with Crippen LogP contribution in [0.5, 0.6) is 0 Å². The van der Waals surface area contributed by atoms with E-state index in [4.69, 9.17) is 9.84 Å². The van der Waals surface area contributed by atoms with Gasteiger partial charge < -0.3 is 15.2 Å². The summed E-state index contributed by atoms with van der Waals surface area (Å²) in [5, 5.41) is 11.3. The number of carboxylic acid groups (broad SMARTS) is 1. The van der Waals surface area contributed by atoms with Crippen LogP contribution in [0, 0.1) is 11.8 Å². The lowest BCUT2D eigenvalue weighted by Crippen LogP contribution is -2.30. The molecule has 0 aliphatic heterocycles. The Kier molecular flexibility index (Phi) is 4.08. The first kappa shape index (κ1) is 12.0. The number of amides is 1. The molecule has 2 unspecified atom stereocenters. The van der Waals surface area contributed by atoms with Gasteiger partial charge in [-0.1, -0.05) is 0 Å². The maximum Gasteiger partial charge on any atom is 0.307 e. The number of hydrogen-bond donors (Lipinski definition) is 2. The van der Waals surface area contributed by atoms with Crippen molar-refractivity contribution < 1.29 is 19.4 Å². The molecule has 2 N–H and O–H groups in total. The lowest BCUT2D eigenvalue weighted by Gasteiger charge is -2.08. The van der Waals surface area contributed by atoms with Gasteiger partial charge in [0.15, 0.2) is 0 Å². The van der Waals surface area contributed by atoms with Crippen molar-refractivity contribution in [3.8, 4) is 0 Å². The van der Waals surface area contributed by atoms with E-state index >= 15 is 0 Å². The molecule has 5 nitrogen and oxygen atoms in total. The molecule has 1 aliphatic rings. The highest BCUT2D eigenvalue weighted by Gasteiger charge is 2.48. The summed E-state index contributed by atoms with van der Waals surface area (Å²) >= 11 is 0. The molecule has 15 heavy (non-hydrogen) atoms. The molecule has 1 amide bonds. The Morgan fingerprint density at radius 1 is 1.47 bits per heavy atom. The average molecular weight is 215 g/mol. The molecule has 2 atom stereocenters. The van der Waals surface area contributed by atoms with Gasteiger partial charge in [0.05, 0.1) is 24.5 Å². The Labute approximate surface area is 88.8 Å². The van der Waals surface area contributed by atoms with Gasteiger partial charge in [0.2, 0.25) is 5.91 Å². The van der Waals surface area contributed by atoms with E-state index in [1.54, 1.807) is 0 Å². The van der Waals surface area contributed by atoms with Crippen molar-refractivity contribution in [1.82, 2.24) is 5.32 Å². The highest BCUT2D eigenvalue weighted by molar-refractivity contribution is 5.89. The van der Waals surface area contributed by atoms with Crippen molar-refractivity contribution in [1.29, 1.82) is 0 Å². The van der Waals surface area contributed by atoms with Crippen molar-refractivity contribution in [3.63, 3.8) is 0 Å². The molecule has 0 spiro atoms. The lowest BCUT2D eigenvalue weighted by molar-refractivity contribution is -0.140. The van der Waals surface area contributed by atoms with E-state index in [0.717, 1.165) is 0 Å². The summed E-state index contributed by atoms with van der Waals surface area (Å²) < 4.78 is 5.24. The largest absolute Gasteiger partial charge is 0.481 e. The summed E-state index contributed by atoms with van der Waals surface area (Å²) in [4.78, 5) is 21.8. The molecule has 1 rings (SSSR count). The van der Waals surface area contributed by atoms with E-state index in [1.165, 1.54) is 0 Å². The molecule has 1 saturated carbocycles. The van der Waals surface area contributed by atoms with Gasteiger partial charge in [0.1, 0.15) is 0 Å². The standard InChI is InChI=1S/C10H17NO4/c1-6(2)15-4-3-11-9(12)7-5-8(7)10(13)14/h6-8H,3-5H2,1-2H3,(H,11,12)(H,13,14). The van der Waals surface area contributed by atoms with Crippen molar-refractivity contribution in [2.75, 3.05) is 13.2 Å². The molecular weight excluding hydrogens is 198 g/mol. The fourth-order valence-corrected chi connectivity index (χ4v) is 1.36. The Morgan fingerprint density at radius 3 is 2.60 bits per heavy atom. The van der Waals surface area contributed by atoms with Gasteiger partial charge in [-0.3, -0.25) is 9.59 Å². The van der Waals surface area contributed by atoms with Crippen LogP contribution in [0.15, 0.2) is 0 Å². The minimum absolute atomic E-state index is 0.148. The Bertz CT molecular complexity index is 252. The zero-order valence-corrected chi connectivity index (χ0v) is 9.03. The minimum atomic E-state index is -0.881. The monoisotopic (exact) mass is 215 g/mol. The van der Waals surface area contributed by atoms with Crippen LogP contribution >= 0.6 is 0 Å². The van der Waals surface area contributed by atoms with E-state index in [9.17, 15) is 9.59 Å². The Morgan fingerprint density at radius 2 is 2.13 bits per heavy atom. The molecule has 0 heterocycles. The molecule has 1 fully saturated rings. The summed E-state index contributed by atoms with van der Waals surface area (Å²) in [5.74, 6) is -1.86. The molecule has 0 saturated heterocycles. The van der Waals surface area contributed by atoms with Crippen molar-refractivity contribution in [3.05, 3.63) is 0 Å². The van der Waals surface area contributed by atoms with E-state index in [-0.39, 0.29) is 17.9 Å². The summed E-state index contributed by atoms with van der Waals surface area (Å²) in [6.07, 6.45) is 0.612. The maximum absolute atomic E-state index is 11.3. The van der Waals surface area contributed by atoms with E-state index in [0.29, 0.717) is 19.6 Å². The number of carbonyl (C=O) groups is 2. The van der Waals surface area contributed by atoms with Gasteiger partial charge in [-0.25, -0.2) is 0 Å². The quantitative estimate of drug-likeness (QED) is 0.623. The second-order valence-electron chi connectivity index (χ2n) is 4.00. The molecule has 0 radical (unpaired) electrons. The van der Waals surface area contributed by atoms with Crippen LogP contribution in [0.3, 0.4) is 0 Å². The van der Waals surface area contributed by atoms with Gasteiger partial charge in [-0.15, -0.1) is 0 Å². The van der Waals surface area contributed by atoms with Crippen LogP contribution in [-0.2, 0) is 14.3 Å². The molecule has 0 aromatic carbocycles. The van der Waals surface area contributed by atoms with E-state index < -0.39 is 11.9 Å². The number of hydrogen-bond acceptors (Lipinski definition) is 3. The third-order valence-corrected chi connectivity index (χ3v) is 2.30. The molecule has 5 heteroatoms. The second kappa shape index (κ2) is 5.11. The first-order valence-corrected chi connectivity index (χ1v) is 5.14. The second-order valence-corrected chi connectivity index (χ2v) is 4.00. The topological polar surface area (TPSA) is 75.6 Å². The van der Waals surface area contributed by atoms with Gasteiger partial charge in [0, 0.05) is 6.54 Å². The van der Waals surface area contributed by atoms with Gasteiger partial charge in [-0.2, -0.15) is 0 Å². The highest BCUT2D eigenvalue weighted by Crippen LogP contribution is 2.38. The maximum atomic E-state index is 11.3. The van der Waals surface area contributed by atoms with Crippen molar-refractivity contribution in [2.24, 2.45) is 11.8 Å². The molecule has 86 valence electrons. The first-order valence-electron chi connectivity index (χ1n) is 5.14. The Hall–Kier alpha value is -1.10. The fraction of sp³-hybridized carbons (Fsp3) is 0.800. The van der Waals surface area contributed by atoms with Gasteiger partial charge in [-0.05, 0) is 20.3 Å². The average Bonchev–Trinajstić information content (AvgIpc) is 2.90. The molecule has 0 aromatic heterocycles. The van der Waals surface area contributed by atoms with Crippen LogP contribution in [0.4, 0.5) is 0 Å². The summed E-state index contributed by atoms with van der Waals surface area (Å²) in [7, 11) is 0. The zero-order chi connectivity index (χ0) is 11.4. The van der Waals surface area contributed by atoms with Crippen LogP contribution in [0.1, 0.15) is 20.3 Å². The zero-order valence-electron chi connectivity index (χ0n) is 9.03. The first-order chi connectivity index (χ1) is 7.02. The highest BCUT2D eigenvalue weighted by atomic mass is 16.5. The van der Waals surface area contributed by atoms with Gasteiger partial charge in [0.25, 0.3) is 0 Å². The fourth-order valence-electron chi connectivity index (χ4n) is 1.36. The molecular formula is C10H17NO4. The molecule has 0 aromatic rings. The van der Waals surface area contributed by atoms with Crippen molar-refractivity contribution >= 4 is 11.9 Å². The third-order valence-electron chi connectivity index (χ3n) is 2.30. The van der Waals surface area contributed by atoms with Crippen molar-refractivity contribution in [2.45, 2.75) is 26.4 Å². The predicted octanol–water partition coefficient (Wildman–Crippen LogP) is 0.248. The summed E-state index contributed by atoms with van der Waals surface area (Å²) in [6, 6.07) is 0. The SMILES string of the molecule is CC(C)OCCNC(=O)C1CC1C(=O)O. The van der Waals surface area contributed by atoms with Crippen LogP contribution in [0.25, 0.3) is 0 Å². The number of rotatable bonds is 6. The molecule has 1 aliphatic carbocycles. The van der Waals surface area contributed by atoms with Crippen LogP contribution in [0.2, 0.25) is 0 Å². The normalized spacial score (nSPS) is 23.9. The molecule has 0 bridgehead atoms. The number of carbonyl (C=O) groups excluding carboxylic acids is 1. The third kappa shape index (κ3) is 3.87.